The largest absolute Gasteiger partial charge is 0.497 e. The van der Waals surface area contributed by atoms with E-state index < -0.39 is 0 Å². The maximum Gasteiger partial charge on any atom is 0.156 e. The maximum atomic E-state index is 5.99. The topological polar surface area (TPSA) is 53.1 Å². The molecule has 2 aromatic heterocycles. The third-order valence-corrected chi connectivity index (χ3v) is 3.38. The molecular formula is C14H14ClN3O2. The average Bonchev–Trinajstić information content (AvgIpc) is 3.03. The second-order valence-electron chi connectivity index (χ2n) is 4.54. The lowest BCUT2D eigenvalue weighted by atomic mass is 10.3. The van der Waals surface area contributed by atoms with Crippen LogP contribution in [0.4, 0.5) is 0 Å². The van der Waals surface area contributed by atoms with E-state index in [-0.39, 0.29) is 0 Å². The summed E-state index contributed by atoms with van der Waals surface area (Å²) in [7, 11) is 1.64. The molecule has 0 saturated heterocycles. The van der Waals surface area contributed by atoms with Gasteiger partial charge in [0.15, 0.2) is 5.76 Å². The third kappa shape index (κ3) is 2.25. The lowest BCUT2D eigenvalue weighted by Crippen LogP contribution is -2.03. The standard InChI is InChI=1S/C14H14ClN3O2/c1-9-5-11(20-17-9)8-18-13-6-10(19-2)3-4-12(13)16-14(18)7-15/h3-6H,7-8H2,1-2H3. The first-order valence-electron chi connectivity index (χ1n) is 6.22. The van der Waals surface area contributed by atoms with Crippen molar-refractivity contribution in [3.05, 3.63) is 41.5 Å². The van der Waals surface area contributed by atoms with Gasteiger partial charge in [0.2, 0.25) is 0 Å². The maximum absolute atomic E-state index is 5.99. The van der Waals surface area contributed by atoms with Gasteiger partial charge in [0.1, 0.15) is 11.6 Å². The SMILES string of the molecule is COc1ccc2nc(CCl)n(Cc3cc(C)no3)c2c1. The number of methoxy groups -OCH3 is 1. The average molecular weight is 292 g/mol. The number of fused-ring (bicyclic) bond motifs is 1. The second kappa shape index (κ2) is 5.17. The number of aromatic nitrogens is 3. The van der Waals surface area contributed by atoms with Crippen molar-refractivity contribution in [1.29, 1.82) is 0 Å². The first kappa shape index (κ1) is 13.0. The molecule has 0 saturated carbocycles. The molecular weight excluding hydrogens is 278 g/mol. The fourth-order valence-corrected chi connectivity index (χ4v) is 2.41. The van der Waals surface area contributed by atoms with Gasteiger partial charge in [-0.1, -0.05) is 5.16 Å². The molecule has 0 fully saturated rings. The Morgan fingerprint density at radius 1 is 1.35 bits per heavy atom. The van der Waals surface area contributed by atoms with Crippen molar-refractivity contribution in [3.63, 3.8) is 0 Å². The van der Waals surface area contributed by atoms with Crippen molar-refractivity contribution in [2.75, 3.05) is 7.11 Å². The smallest absolute Gasteiger partial charge is 0.156 e. The van der Waals surface area contributed by atoms with E-state index in [1.807, 2.05) is 35.8 Å². The molecule has 3 rings (SSSR count). The number of nitrogens with zero attached hydrogens (tertiary/aromatic N) is 3. The van der Waals surface area contributed by atoms with Gasteiger partial charge >= 0.3 is 0 Å². The Morgan fingerprint density at radius 2 is 2.20 bits per heavy atom. The van der Waals surface area contributed by atoms with Gasteiger partial charge in [-0.2, -0.15) is 0 Å². The number of halogens is 1. The highest BCUT2D eigenvalue weighted by Crippen LogP contribution is 2.24. The molecule has 0 unspecified atom stereocenters. The van der Waals surface area contributed by atoms with Crippen molar-refractivity contribution >= 4 is 22.6 Å². The van der Waals surface area contributed by atoms with Crippen molar-refractivity contribution < 1.29 is 9.26 Å². The molecule has 0 spiro atoms. The summed E-state index contributed by atoms with van der Waals surface area (Å²) in [6, 6.07) is 7.66. The summed E-state index contributed by atoms with van der Waals surface area (Å²) in [4.78, 5) is 4.52. The summed E-state index contributed by atoms with van der Waals surface area (Å²) < 4.78 is 12.6. The molecule has 3 aromatic rings. The number of rotatable bonds is 4. The summed E-state index contributed by atoms with van der Waals surface area (Å²) in [5.74, 6) is 2.69. The molecule has 0 aliphatic heterocycles. The Balaban J connectivity index is 2.10. The molecule has 20 heavy (non-hydrogen) atoms. The summed E-state index contributed by atoms with van der Waals surface area (Å²) >= 11 is 5.99. The minimum atomic E-state index is 0.337. The number of imidazole rings is 1. The van der Waals surface area contributed by atoms with Crippen molar-refractivity contribution in [2.45, 2.75) is 19.3 Å². The summed E-state index contributed by atoms with van der Waals surface area (Å²) in [6.07, 6.45) is 0. The molecule has 0 radical (unpaired) electrons. The molecule has 0 bridgehead atoms. The Kier molecular flexibility index (Phi) is 3.36. The van der Waals surface area contributed by atoms with E-state index >= 15 is 0 Å². The first-order valence-corrected chi connectivity index (χ1v) is 6.76. The zero-order chi connectivity index (χ0) is 14.1. The number of alkyl halides is 1. The lowest BCUT2D eigenvalue weighted by Gasteiger charge is -2.05. The van der Waals surface area contributed by atoms with Crippen LogP contribution in [0.15, 0.2) is 28.8 Å². The van der Waals surface area contributed by atoms with Gasteiger partial charge < -0.3 is 13.8 Å². The van der Waals surface area contributed by atoms with Crippen LogP contribution in [0.2, 0.25) is 0 Å². The monoisotopic (exact) mass is 291 g/mol. The third-order valence-electron chi connectivity index (χ3n) is 3.14. The molecule has 0 N–H and O–H groups in total. The first-order chi connectivity index (χ1) is 9.71. The van der Waals surface area contributed by atoms with E-state index in [1.165, 1.54) is 0 Å². The van der Waals surface area contributed by atoms with Crippen LogP contribution in [0.3, 0.4) is 0 Å². The summed E-state index contributed by atoms with van der Waals surface area (Å²) in [6.45, 7) is 2.44. The highest BCUT2D eigenvalue weighted by molar-refractivity contribution is 6.16. The molecule has 1 aromatic carbocycles. The van der Waals surface area contributed by atoms with E-state index in [1.54, 1.807) is 7.11 Å². The van der Waals surface area contributed by atoms with E-state index in [4.69, 9.17) is 20.9 Å². The van der Waals surface area contributed by atoms with Crippen LogP contribution in [0.5, 0.6) is 5.75 Å². The molecule has 0 aliphatic rings. The molecule has 0 amide bonds. The highest BCUT2D eigenvalue weighted by Gasteiger charge is 2.13. The van der Waals surface area contributed by atoms with Crippen LogP contribution in [0, 0.1) is 6.92 Å². The number of benzene rings is 1. The zero-order valence-corrected chi connectivity index (χ0v) is 12.0. The van der Waals surface area contributed by atoms with Crippen molar-refractivity contribution in [2.24, 2.45) is 0 Å². The molecule has 104 valence electrons. The van der Waals surface area contributed by atoms with E-state index in [0.29, 0.717) is 12.4 Å². The van der Waals surface area contributed by atoms with Crippen LogP contribution >= 0.6 is 11.6 Å². The number of hydrogen-bond donors (Lipinski definition) is 0. The molecule has 0 atom stereocenters. The fourth-order valence-electron chi connectivity index (χ4n) is 2.20. The molecule has 5 nitrogen and oxygen atoms in total. The van der Waals surface area contributed by atoms with Gasteiger partial charge in [0.05, 0.1) is 36.3 Å². The van der Waals surface area contributed by atoms with Crippen molar-refractivity contribution in [3.8, 4) is 5.75 Å². The van der Waals surface area contributed by atoms with E-state index in [9.17, 15) is 0 Å². The van der Waals surface area contributed by atoms with Crippen molar-refractivity contribution in [1.82, 2.24) is 14.7 Å². The quantitative estimate of drug-likeness (QED) is 0.693. The second-order valence-corrected chi connectivity index (χ2v) is 4.80. The highest BCUT2D eigenvalue weighted by atomic mass is 35.5. The summed E-state index contributed by atoms with van der Waals surface area (Å²) in [5.41, 5.74) is 2.71. The van der Waals surface area contributed by atoms with Crippen LogP contribution in [0.1, 0.15) is 17.3 Å². The van der Waals surface area contributed by atoms with Gasteiger partial charge in [0, 0.05) is 12.1 Å². The Hall–Kier alpha value is -2.01. The zero-order valence-electron chi connectivity index (χ0n) is 11.3. The predicted octanol–water partition coefficient (Wildman–Crippen LogP) is 3.13. The Bertz CT molecular complexity index is 748. The lowest BCUT2D eigenvalue weighted by molar-refractivity contribution is 0.373. The van der Waals surface area contributed by atoms with Gasteiger partial charge in [-0.25, -0.2) is 4.98 Å². The van der Waals surface area contributed by atoms with Crippen LogP contribution in [-0.2, 0) is 12.4 Å². The van der Waals surface area contributed by atoms with Gasteiger partial charge in [-0.15, -0.1) is 11.6 Å². The fraction of sp³-hybridized carbons (Fsp3) is 0.286. The van der Waals surface area contributed by atoms with Crippen LogP contribution in [-0.4, -0.2) is 21.8 Å². The van der Waals surface area contributed by atoms with Gasteiger partial charge in [-0.3, -0.25) is 0 Å². The normalized spacial score (nSPS) is 11.2. The Labute approximate surface area is 121 Å². The van der Waals surface area contributed by atoms with Crippen LogP contribution < -0.4 is 4.74 Å². The van der Waals surface area contributed by atoms with E-state index in [2.05, 4.69) is 10.1 Å². The molecule has 2 heterocycles. The molecule has 0 aliphatic carbocycles. The van der Waals surface area contributed by atoms with Gasteiger partial charge in [0.25, 0.3) is 0 Å². The van der Waals surface area contributed by atoms with Crippen LogP contribution in [0.25, 0.3) is 11.0 Å². The van der Waals surface area contributed by atoms with Gasteiger partial charge in [-0.05, 0) is 19.1 Å². The minimum Gasteiger partial charge on any atom is -0.497 e. The number of hydrogen-bond acceptors (Lipinski definition) is 4. The molecule has 6 heteroatoms. The number of ether oxygens (including phenoxy) is 1. The number of aryl methyl sites for hydroxylation is 1. The summed E-state index contributed by atoms with van der Waals surface area (Å²) in [5, 5.41) is 3.90. The van der Waals surface area contributed by atoms with E-state index in [0.717, 1.165) is 34.1 Å². The minimum absolute atomic E-state index is 0.337. The Morgan fingerprint density at radius 3 is 2.85 bits per heavy atom. The predicted molar refractivity (Wildman–Crippen MR) is 76.2 cm³/mol.